The Kier molecular flexibility index (Phi) is 3.82. The number of halogens is 1. The molecule has 0 spiro atoms. The van der Waals surface area contributed by atoms with Crippen LogP contribution in [-0.2, 0) is 0 Å². The van der Waals surface area contributed by atoms with E-state index in [1.807, 2.05) is 66.7 Å². The zero-order chi connectivity index (χ0) is 21.1. The molecule has 4 aromatic rings. The van der Waals surface area contributed by atoms with Crippen LogP contribution in [0.2, 0.25) is 5.02 Å². The molecule has 0 saturated carbocycles. The molecule has 2 aliphatic rings. The SMILES string of the molecule is O=C1C2=C(Nc3[nH]n(-c4ccccc4)c(=O)c3C2c2ccc(Cl)cc2)c2ccccc21. The van der Waals surface area contributed by atoms with E-state index in [1.54, 1.807) is 12.1 Å². The monoisotopic (exact) mass is 425 g/mol. The average molecular weight is 426 g/mol. The van der Waals surface area contributed by atoms with Crippen molar-refractivity contribution in [1.82, 2.24) is 9.78 Å². The summed E-state index contributed by atoms with van der Waals surface area (Å²) in [7, 11) is 0. The minimum Gasteiger partial charge on any atom is -0.339 e. The third-order valence-corrected chi connectivity index (χ3v) is 6.18. The molecule has 3 aromatic carbocycles. The number of Topliss-reactive ketones (excluding diaryl/α,β-unsaturated/α-hetero) is 1. The Hall–Kier alpha value is -3.83. The number of aromatic amines is 1. The summed E-state index contributed by atoms with van der Waals surface area (Å²) in [5.41, 5.74) is 4.73. The Labute approximate surface area is 182 Å². The number of hydrogen-bond acceptors (Lipinski definition) is 3. The fourth-order valence-corrected chi connectivity index (χ4v) is 4.67. The van der Waals surface area contributed by atoms with E-state index in [0.717, 1.165) is 22.5 Å². The largest absolute Gasteiger partial charge is 0.339 e. The summed E-state index contributed by atoms with van der Waals surface area (Å²) in [5, 5.41) is 7.15. The molecule has 0 radical (unpaired) electrons. The summed E-state index contributed by atoms with van der Waals surface area (Å²) >= 11 is 6.12. The summed E-state index contributed by atoms with van der Waals surface area (Å²) in [6.45, 7) is 0. The lowest BCUT2D eigenvalue weighted by atomic mass is 9.82. The average Bonchev–Trinajstić information content (AvgIpc) is 3.29. The van der Waals surface area contributed by atoms with Crippen LogP contribution in [0, 0.1) is 0 Å². The molecule has 0 bridgehead atoms. The lowest BCUT2D eigenvalue weighted by Gasteiger charge is -2.25. The maximum absolute atomic E-state index is 13.6. The first-order chi connectivity index (χ1) is 15.1. The van der Waals surface area contributed by atoms with Gasteiger partial charge in [0, 0.05) is 27.6 Å². The van der Waals surface area contributed by atoms with Gasteiger partial charge in [0.15, 0.2) is 5.78 Å². The molecule has 6 rings (SSSR count). The minimum atomic E-state index is -0.503. The van der Waals surface area contributed by atoms with Crippen LogP contribution in [0.15, 0.2) is 89.2 Å². The first-order valence-corrected chi connectivity index (χ1v) is 10.3. The van der Waals surface area contributed by atoms with Gasteiger partial charge in [-0.2, -0.15) is 0 Å². The second-order valence-corrected chi connectivity index (χ2v) is 8.09. The Morgan fingerprint density at radius 3 is 2.23 bits per heavy atom. The van der Waals surface area contributed by atoms with Gasteiger partial charge in [-0.25, -0.2) is 4.68 Å². The highest BCUT2D eigenvalue weighted by molar-refractivity contribution is 6.30. The van der Waals surface area contributed by atoms with E-state index in [1.165, 1.54) is 4.68 Å². The number of nitrogens with zero attached hydrogens (tertiary/aromatic N) is 1. The van der Waals surface area contributed by atoms with Crippen molar-refractivity contribution in [3.63, 3.8) is 0 Å². The molecule has 1 aliphatic carbocycles. The van der Waals surface area contributed by atoms with Gasteiger partial charge in [-0.05, 0) is 29.8 Å². The standard InChI is InChI=1S/C25H16ClN3O2/c26-15-12-10-14(11-13-15)19-20-22(17-8-4-5-9-18(17)23(20)30)27-24-21(19)25(31)29(28-24)16-6-2-1-3-7-16/h1-13,19,27-28H. The van der Waals surface area contributed by atoms with Crippen molar-refractivity contribution < 1.29 is 4.79 Å². The van der Waals surface area contributed by atoms with Crippen molar-refractivity contribution in [3.8, 4) is 5.69 Å². The van der Waals surface area contributed by atoms with Crippen molar-refractivity contribution in [2.24, 2.45) is 0 Å². The molecular weight excluding hydrogens is 410 g/mol. The highest BCUT2D eigenvalue weighted by Crippen LogP contribution is 2.47. The van der Waals surface area contributed by atoms with Gasteiger partial charge in [-0.3, -0.25) is 14.7 Å². The summed E-state index contributed by atoms with van der Waals surface area (Å²) in [4.78, 5) is 27.0. The predicted molar refractivity (Wildman–Crippen MR) is 121 cm³/mol. The highest BCUT2D eigenvalue weighted by atomic mass is 35.5. The maximum Gasteiger partial charge on any atom is 0.277 e. The first kappa shape index (κ1) is 18.0. The number of carbonyl (C=O) groups is 1. The predicted octanol–water partition coefficient (Wildman–Crippen LogP) is 4.98. The molecule has 150 valence electrons. The van der Waals surface area contributed by atoms with Crippen LogP contribution in [0.25, 0.3) is 11.4 Å². The summed E-state index contributed by atoms with van der Waals surface area (Å²) < 4.78 is 1.51. The van der Waals surface area contributed by atoms with Gasteiger partial charge in [0.1, 0.15) is 5.82 Å². The summed E-state index contributed by atoms with van der Waals surface area (Å²) in [6, 6.07) is 24.2. The number of anilines is 1. The number of allylic oxidation sites excluding steroid dienone is 1. The zero-order valence-corrected chi connectivity index (χ0v) is 17.0. The number of benzene rings is 3. The third-order valence-electron chi connectivity index (χ3n) is 5.93. The highest BCUT2D eigenvalue weighted by Gasteiger charge is 2.42. The van der Waals surface area contributed by atoms with E-state index >= 15 is 0 Å². The number of fused-ring (bicyclic) bond motifs is 3. The molecule has 1 aromatic heterocycles. The number of H-pyrrole nitrogens is 1. The van der Waals surface area contributed by atoms with Crippen molar-refractivity contribution in [3.05, 3.63) is 122 Å². The number of para-hydroxylation sites is 1. The second-order valence-electron chi connectivity index (χ2n) is 7.65. The molecule has 0 amide bonds. The molecule has 1 atom stereocenters. The molecule has 6 heteroatoms. The number of nitrogens with one attached hydrogen (secondary N) is 2. The minimum absolute atomic E-state index is 0.0597. The number of rotatable bonds is 2. The number of ketones is 1. The van der Waals surface area contributed by atoms with Crippen LogP contribution in [-0.4, -0.2) is 15.6 Å². The first-order valence-electron chi connectivity index (χ1n) is 9.94. The fraction of sp³-hybridized carbons (Fsp3) is 0.0400. The third kappa shape index (κ3) is 2.57. The van der Waals surface area contributed by atoms with Gasteiger partial charge >= 0.3 is 0 Å². The second kappa shape index (κ2) is 6.59. The Balaban J connectivity index is 1.62. The Morgan fingerprint density at radius 2 is 1.48 bits per heavy atom. The molecule has 2 N–H and O–H groups in total. The van der Waals surface area contributed by atoms with E-state index < -0.39 is 5.92 Å². The van der Waals surface area contributed by atoms with E-state index in [9.17, 15) is 9.59 Å². The molecular formula is C25H16ClN3O2. The smallest absolute Gasteiger partial charge is 0.277 e. The van der Waals surface area contributed by atoms with Crippen LogP contribution < -0.4 is 10.9 Å². The van der Waals surface area contributed by atoms with E-state index in [2.05, 4.69) is 10.4 Å². The fourth-order valence-electron chi connectivity index (χ4n) is 4.54. The van der Waals surface area contributed by atoms with Gasteiger partial charge in [-0.15, -0.1) is 0 Å². The van der Waals surface area contributed by atoms with Gasteiger partial charge in [-0.1, -0.05) is 66.2 Å². The quantitative estimate of drug-likeness (QED) is 0.475. The Bertz CT molecular complexity index is 1450. The van der Waals surface area contributed by atoms with Crippen molar-refractivity contribution in [1.29, 1.82) is 0 Å². The van der Waals surface area contributed by atoms with Crippen LogP contribution in [0.5, 0.6) is 0 Å². The molecule has 5 nitrogen and oxygen atoms in total. The van der Waals surface area contributed by atoms with Crippen molar-refractivity contribution in [2.75, 3.05) is 5.32 Å². The molecule has 0 fully saturated rings. The van der Waals surface area contributed by atoms with Gasteiger partial charge in [0.25, 0.3) is 5.56 Å². The topological polar surface area (TPSA) is 66.9 Å². The normalized spacial score (nSPS) is 16.5. The van der Waals surface area contributed by atoms with Crippen molar-refractivity contribution in [2.45, 2.75) is 5.92 Å². The summed E-state index contributed by atoms with van der Waals surface area (Å²) in [5.74, 6) is 0.0322. The van der Waals surface area contributed by atoms with Crippen LogP contribution in [0.1, 0.15) is 33.0 Å². The maximum atomic E-state index is 13.6. The van der Waals surface area contributed by atoms with Crippen molar-refractivity contribution >= 4 is 28.9 Å². The van der Waals surface area contributed by atoms with Crippen LogP contribution in [0.3, 0.4) is 0 Å². The molecule has 2 heterocycles. The van der Waals surface area contributed by atoms with E-state index in [4.69, 9.17) is 11.6 Å². The lowest BCUT2D eigenvalue weighted by molar-refractivity contribution is 0.103. The number of hydrogen-bond donors (Lipinski definition) is 2. The lowest BCUT2D eigenvalue weighted by Crippen LogP contribution is -2.25. The van der Waals surface area contributed by atoms with E-state index in [-0.39, 0.29) is 11.3 Å². The molecule has 0 saturated heterocycles. The molecule has 31 heavy (non-hydrogen) atoms. The van der Waals surface area contributed by atoms with E-state index in [0.29, 0.717) is 27.5 Å². The zero-order valence-electron chi connectivity index (χ0n) is 16.2. The number of carbonyl (C=O) groups excluding carboxylic acids is 1. The summed E-state index contributed by atoms with van der Waals surface area (Å²) in [6.07, 6.45) is 0. The van der Waals surface area contributed by atoms with Gasteiger partial charge in [0.05, 0.1) is 16.9 Å². The molecule has 1 aliphatic heterocycles. The van der Waals surface area contributed by atoms with Crippen LogP contribution in [0.4, 0.5) is 5.82 Å². The van der Waals surface area contributed by atoms with Crippen LogP contribution >= 0.6 is 11.6 Å². The van der Waals surface area contributed by atoms with Gasteiger partial charge < -0.3 is 5.32 Å². The Morgan fingerprint density at radius 1 is 0.806 bits per heavy atom. The number of aromatic nitrogens is 2. The molecule has 1 unspecified atom stereocenters. The van der Waals surface area contributed by atoms with Gasteiger partial charge in [0.2, 0.25) is 0 Å².